The summed E-state index contributed by atoms with van der Waals surface area (Å²) >= 11 is 1.30. The summed E-state index contributed by atoms with van der Waals surface area (Å²) < 4.78 is 38.4. The maximum absolute atomic E-state index is 12.6. The summed E-state index contributed by atoms with van der Waals surface area (Å²) in [6, 6.07) is 6.61. The first-order valence-corrected chi connectivity index (χ1v) is 7.04. The summed E-state index contributed by atoms with van der Waals surface area (Å²) in [5, 5.41) is 9.07. The maximum atomic E-state index is 12.6. The second kappa shape index (κ2) is 5.22. The number of thiophene rings is 1. The highest BCUT2D eigenvalue weighted by Crippen LogP contribution is 2.36. The quantitative estimate of drug-likeness (QED) is 0.757. The summed E-state index contributed by atoms with van der Waals surface area (Å²) in [6.07, 6.45) is -4.36. The van der Waals surface area contributed by atoms with Gasteiger partial charge in [-0.1, -0.05) is 12.1 Å². The predicted molar refractivity (Wildman–Crippen MR) is 78.2 cm³/mol. The lowest BCUT2D eigenvalue weighted by atomic mass is 10.1. The third-order valence-electron chi connectivity index (χ3n) is 3.08. The van der Waals surface area contributed by atoms with Crippen molar-refractivity contribution >= 4 is 27.4 Å². The molecule has 2 heterocycles. The summed E-state index contributed by atoms with van der Waals surface area (Å²) in [6.45, 7) is -0.328. The first-order chi connectivity index (χ1) is 10.4. The fourth-order valence-electron chi connectivity index (χ4n) is 2.04. The van der Waals surface area contributed by atoms with Gasteiger partial charge in [-0.05, 0) is 23.8 Å². The van der Waals surface area contributed by atoms with E-state index in [1.54, 1.807) is 6.07 Å². The smallest absolute Gasteiger partial charge is 0.388 e. The predicted octanol–water partition coefficient (Wildman–Crippen LogP) is 3.45. The number of aromatic nitrogens is 2. The lowest BCUT2D eigenvalue weighted by molar-refractivity contribution is -0.137. The highest BCUT2D eigenvalue weighted by Gasteiger charge is 2.30. The van der Waals surface area contributed by atoms with Gasteiger partial charge in [0.1, 0.15) is 12.4 Å². The lowest BCUT2D eigenvalue weighted by Crippen LogP contribution is -2.03. The van der Waals surface area contributed by atoms with Crippen LogP contribution in [0.1, 0.15) is 11.4 Å². The van der Waals surface area contributed by atoms with Gasteiger partial charge >= 0.3 is 6.18 Å². The van der Waals surface area contributed by atoms with Crippen molar-refractivity contribution < 1.29 is 18.3 Å². The van der Waals surface area contributed by atoms with Gasteiger partial charge in [0.15, 0.2) is 5.82 Å². The Morgan fingerprint density at radius 1 is 1.14 bits per heavy atom. The van der Waals surface area contributed by atoms with Crippen LogP contribution in [-0.4, -0.2) is 15.1 Å². The number of hydrogen-bond acceptors (Lipinski definition) is 5. The van der Waals surface area contributed by atoms with Crippen molar-refractivity contribution in [2.24, 2.45) is 0 Å². The first kappa shape index (κ1) is 14.7. The minimum atomic E-state index is -4.36. The molecule has 0 aliphatic heterocycles. The molecule has 114 valence electrons. The second-order valence-electron chi connectivity index (χ2n) is 4.58. The van der Waals surface area contributed by atoms with Gasteiger partial charge in [-0.25, -0.2) is 9.97 Å². The van der Waals surface area contributed by atoms with Gasteiger partial charge in [0.2, 0.25) is 0 Å². The van der Waals surface area contributed by atoms with E-state index in [0.717, 1.165) is 17.0 Å². The van der Waals surface area contributed by atoms with Gasteiger partial charge in [0.05, 0.1) is 15.8 Å². The van der Waals surface area contributed by atoms with Crippen LogP contribution in [0.5, 0.6) is 0 Å². The highest BCUT2D eigenvalue weighted by molar-refractivity contribution is 7.22. The molecule has 0 saturated carbocycles. The normalized spacial score (nSPS) is 12.0. The highest BCUT2D eigenvalue weighted by atomic mass is 32.1. The molecular formula is C14H10F3N3OS. The van der Waals surface area contributed by atoms with Crippen molar-refractivity contribution in [1.29, 1.82) is 0 Å². The molecule has 0 unspecified atom stereocenters. The molecule has 4 nitrogen and oxygen atoms in total. The number of halogens is 3. The van der Waals surface area contributed by atoms with Crippen molar-refractivity contribution in [2.75, 3.05) is 5.73 Å². The summed E-state index contributed by atoms with van der Waals surface area (Å²) in [5.41, 5.74) is 6.32. The number of aliphatic hydroxyl groups is 1. The fourth-order valence-corrected chi connectivity index (χ4v) is 3.04. The zero-order valence-corrected chi connectivity index (χ0v) is 11.9. The van der Waals surface area contributed by atoms with Gasteiger partial charge in [-0.2, -0.15) is 13.2 Å². The molecule has 0 aliphatic rings. The number of nitrogens with zero attached hydrogens (tertiary/aromatic N) is 2. The van der Waals surface area contributed by atoms with Gasteiger partial charge in [0.25, 0.3) is 0 Å². The molecule has 22 heavy (non-hydrogen) atoms. The average molecular weight is 325 g/mol. The third kappa shape index (κ3) is 2.62. The number of fused-ring (bicyclic) bond motifs is 1. The first-order valence-electron chi connectivity index (χ1n) is 6.23. The lowest BCUT2D eigenvalue weighted by Gasteiger charge is -2.06. The molecule has 0 spiro atoms. The summed E-state index contributed by atoms with van der Waals surface area (Å²) in [5.74, 6) is 0.457. The van der Waals surface area contributed by atoms with Crippen LogP contribution in [0.3, 0.4) is 0 Å². The molecule has 0 bridgehead atoms. The van der Waals surface area contributed by atoms with E-state index >= 15 is 0 Å². The van der Waals surface area contributed by atoms with Crippen LogP contribution in [0.2, 0.25) is 0 Å². The molecule has 0 saturated heterocycles. The standard InChI is InChI=1S/C14H10F3N3OS/c15-14(16,17)8-3-1-7(2-4-8)10-5-9-12(22-10)13(18)20-11(6-21)19-9/h1-5,21H,6H2,(H2,18,19,20). The van der Waals surface area contributed by atoms with Crippen LogP contribution >= 0.6 is 11.3 Å². The minimum Gasteiger partial charge on any atom is -0.388 e. The van der Waals surface area contributed by atoms with E-state index in [-0.39, 0.29) is 18.2 Å². The Hall–Kier alpha value is -2.19. The SMILES string of the molecule is Nc1nc(CO)nc2cc(-c3ccc(C(F)(F)F)cc3)sc12. The molecule has 3 N–H and O–H groups in total. The topological polar surface area (TPSA) is 72.0 Å². The van der Waals surface area contributed by atoms with E-state index < -0.39 is 11.7 Å². The molecule has 2 aromatic heterocycles. The van der Waals surface area contributed by atoms with E-state index in [4.69, 9.17) is 10.8 Å². The molecule has 3 rings (SSSR count). The monoisotopic (exact) mass is 325 g/mol. The van der Waals surface area contributed by atoms with Crippen LogP contribution in [0, 0.1) is 0 Å². The van der Waals surface area contributed by atoms with Crippen molar-refractivity contribution in [3.63, 3.8) is 0 Å². The van der Waals surface area contributed by atoms with Crippen molar-refractivity contribution in [3.8, 4) is 10.4 Å². The van der Waals surface area contributed by atoms with Crippen LogP contribution in [-0.2, 0) is 12.8 Å². The Balaban J connectivity index is 2.05. The van der Waals surface area contributed by atoms with E-state index in [1.807, 2.05) is 0 Å². The number of nitrogen functional groups attached to an aromatic ring is 1. The number of aliphatic hydroxyl groups excluding tert-OH is 1. The molecule has 1 aromatic carbocycles. The second-order valence-corrected chi connectivity index (χ2v) is 5.64. The van der Waals surface area contributed by atoms with Gasteiger partial charge in [0, 0.05) is 4.88 Å². The number of nitrogens with two attached hydrogens (primary N) is 1. The number of alkyl halides is 3. The van der Waals surface area contributed by atoms with Crippen molar-refractivity contribution in [3.05, 3.63) is 41.7 Å². The Morgan fingerprint density at radius 2 is 1.82 bits per heavy atom. The Bertz CT molecular complexity index is 828. The van der Waals surface area contributed by atoms with Crippen LogP contribution in [0.25, 0.3) is 20.7 Å². The maximum Gasteiger partial charge on any atom is 0.416 e. The van der Waals surface area contributed by atoms with Crippen LogP contribution in [0.4, 0.5) is 19.0 Å². The zero-order valence-electron chi connectivity index (χ0n) is 11.1. The van der Waals surface area contributed by atoms with Gasteiger partial charge < -0.3 is 10.8 Å². The number of rotatable bonds is 2. The average Bonchev–Trinajstić information content (AvgIpc) is 2.91. The fraction of sp³-hybridized carbons (Fsp3) is 0.143. The largest absolute Gasteiger partial charge is 0.416 e. The van der Waals surface area contributed by atoms with Crippen LogP contribution < -0.4 is 5.73 Å². The summed E-state index contributed by atoms with van der Waals surface area (Å²) in [4.78, 5) is 8.83. The molecule has 0 aliphatic carbocycles. The molecular weight excluding hydrogens is 315 g/mol. The van der Waals surface area contributed by atoms with Gasteiger partial charge in [-0.3, -0.25) is 0 Å². The summed E-state index contributed by atoms with van der Waals surface area (Å²) in [7, 11) is 0. The van der Waals surface area contributed by atoms with Crippen molar-refractivity contribution in [1.82, 2.24) is 9.97 Å². The zero-order chi connectivity index (χ0) is 15.9. The Morgan fingerprint density at radius 3 is 2.41 bits per heavy atom. The molecule has 0 radical (unpaired) electrons. The molecule has 0 atom stereocenters. The molecule has 0 amide bonds. The Kier molecular flexibility index (Phi) is 3.50. The van der Waals surface area contributed by atoms with Crippen LogP contribution in [0.15, 0.2) is 30.3 Å². The van der Waals surface area contributed by atoms with E-state index in [9.17, 15) is 13.2 Å². The third-order valence-corrected chi connectivity index (χ3v) is 4.28. The number of hydrogen-bond donors (Lipinski definition) is 2. The molecule has 0 fully saturated rings. The Labute approximate surface area is 127 Å². The van der Waals surface area contributed by atoms with E-state index in [0.29, 0.717) is 15.8 Å². The number of benzene rings is 1. The van der Waals surface area contributed by atoms with Gasteiger partial charge in [-0.15, -0.1) is 11.3 Å². The molecule has 8 heteroatoms. The molecule has 3 aromatic rings. The minimum absolute atomic E-state index is 0.210. The number of anilines is 1. The van der Waals surface area contributed by atoms with Crippen molar-refractivity contribution in [2.45, 2.75) is 12.8 Å². The van der Waals surface area contributed by atoms with E-state index in [1.165, 1.54) is 23.5 Å². The van der Waals surface area contributed by atoms with E-state index in [2.05, 4.69) is 9.97 Å².